The summed E-state index contributed by atoms with van der Waals surface area (Å²) in [6.45, 7) is 3.26. The first-order valence-corrected chi connectivity index (χ1v) is 6.29. The Morgan fingerprint density at radius 2 is 2.21 bits per heavy atom. The molecular formula is C12H11N3O3S. The van der Waals surface area contributed by atoms with E-state index in [0.29, 0.717) is 16.4 Å². The number of aromatic nitrogens is 1. The van der Waals surface area contributed by atoms with Crippen molar-refractivity contribution in [3.8, 4) is 11.3 Å². The number of nitrogens with one attached hydrogen (secondary N) is 1. The zero-order valence-electron chi connectivity index (χ0n) is 10.3. The number of non-ortho nitro benzene ring substituents is 1. The highest BCUT2D eigenvalue weighted by atomic mass is 32.1. The Labute approximate surface area is 113 Å². The van der Waals surface area contributed by atoms with Crippen LogP contribution in [0.3, 0.4) is 0 Å². The van der Waals surface area contributed by atoms with Crippen molar-refractivity contribution in [2.45, 2.75) is 13.8 Å². The molecule has 0 saturated carbocycles. The highest BCUT2D eigenvalue weighted by Gasteiger charge is 2.13. The molecule has 0 bridgehead atoms. The molecule has 0 spiro atoms. The average Bonchev–Trinajstić information content (AvgIpc) is 2.69. The average molecular weight is 277 g/mol. The maximum atomic E-state index is 11.0. The van der Waals surface area contributed by atoms with Crippen molar-refractivity contribution in [2.75, 3.05) is 5.32 Å². The number of anilines is 1. The van der Waals surface area contributed by atoms with Crippen LogP contribution in [0.25, 0.3) is 11.3 Å². The second-order valence-corrected chi connectivity index (χ2v) is 5.12. The smallest absolute Gasteiger partial charge is 0.270 e. The molecule has 0 aliphatic carbocycles. The Morgan fingerprint density at radius 3 is 2.84 bits per heavy atom. The number of nitrogens with zero attached hydrogens (tertiary/aromatic N) is 2. The minimum atomic E-state index is -0.445. The van der Waals surface area contributed by atoms with E-state index in [1.807, 2.05) is 6.92 Å². The van der Waals surface area contributed by atoms with Crippen LogP contribution in [0, 0.1) is 17.0 Å². The van der Waals surface area contributed by atoms with Gasteiger partial charge in [0.25, 0.3) is 5.69 Å². The third kappa shape index (κ3) is 2.94. The minimum absolute atomic E-state index is 0.0194. The van der Waals surface area contributed by atoms with Gasteiger partial charge in [-0.2, -0.15) is 0 Å². The van der Waals surface area contributed by atoms with Crippen LogP contribution >= 0.6 is 11.3 Å². The maximum Gasteiger partial charge on any atom is 0.270 e. The van der Waals surface area contributed by atoms with Gasteiger partial charge < -0.3 is 5.32 Å². The monoisotopic (exact) mass is 277 g/mol. The lowest BCUT2D eigenvalue weighted by molar-refractivity contribution is -0.384. The molecule has 0 atom stereocenters. The summed E-state index contributed by atoms with van der Waals surface area (Å²) in [5.74, 6) is -0.195. The van der Waals surface area contributed by atoms with Crippen molar-refractivity contribution >= 4 is 28.1 Å². The number of benzene rings is 1. The van der Waals surface area contributed by atoms with Gasteiger partial charge >= 0.3 is 0 Å². The Balaban J connectivity index is 2.41. The van der Waals surface area contributed by atoms with E-state index in [-0.39, 0.29) is 11.6 Å². The second kappa shape index (κ2) is 5.15. The Bertz CT molecular complexity index is 651. The first-order chi connectivity index (χ1) is 8.97. The van der Waals surface area contributed by atoms with Crippen molar-refractivity contribution in [1.82, 2.24) is 4.98 Å². The molecule has 0 radical (unpaired) electrons. The molecule has 1 amide bonds. The molecule has 6 nitrogen and oxygen atoms in total. The molecule has 0 aliphatic heterocycles. The fourth-order valence-corrected chi connectivity index (χ4v) is 2.52. The van der Waals surface area contributed by atoms with E-state index in [1.54, 1.807) is 12.1 Å². The Kier molecular flexibility index (Phi) is 3.57. The number of amides is 1. The molecule has 2 aromatic rings. The van der Waals surface area contributed by atoms with Crippen LogP contribution in [0.5, 0.6) is 0 Å². The molecule has 0 saturated heterocycles. The zero-order valence-corrected chi connectivity index (χ0v) is 11.2. The molecule has 19 heavy (non-hydrogen) atoms. The minimum Gasteiger partial charge on any atom is -0.302 e. The summed E-state index contributed by atoms with van der Waals surface area (Å²) < 4.78 is 0. The lowest BCUT2D eigenvalue weighted by Gasteiger charge is -1.98. The van der Waals surface area contributed by atoms with E-state index in [0.717, 1.165) is 4.88 Å². The van der Waals surface area contributed by atoms with Crippen LogP contribution < -0.4 is 5.32 Å². The van der Waals surface area contributed by atoms with Gasteiger partial charge in [-0.15, -0.1) is 11.3 Å². The Morgan fingerprint density at radius 1 is 1.47 bits per heavy atom. The van der Waals surface area contributed by atoms with Crippen LogP contribution in [-0.4, -0.2) is 15.8 Å². The van der Waals surface area contributed by atoms with Crippen molar-refractivity contribution in [2.24, 2.45) is 0 Å². The molecule has 1 aromatic carbocycles. The predicted octanol–water partition coefficient (Wildman–Crippen LogP) is 2.99. The number of nitro groups is 1. The zero-order chi connectivity index (χ0) is 14.0. The van der Waals surface area contributed by atoms with Crippen LogP contribution in [0.1, 0.15) is 11.8 Å². The van der Waals surface area contributed by atoms with Crippen LogP contribution in [0.15, 0.2) is 24.3 Å². The van der Waals surface area contributed by atoms with Gasteiger partial charge in [-0.3, -0.25) is 14.9 Å². The number of hydrogen-bond donors (Lipinski definition) is 1. The largest absolute Gasteiger partial charge is 0.302 e. The van der Waals surface area contributed by atoms with Crippen LogP contribution in [-0.2, 0) is 4.79 Å². The van der Waals surface area contributed by atoms with E-state index in [2.05, 4.69) is 10.3 Å². The van der Waals surface area contributed by atoms with E-state index in [4.69, 9.17) is 0 Å². The normalized spacial score (nSPS) is 10.2. The van der Waals surface area contributed by atoms with Crippen molar-refractivity contribution in [3.63, 3.8) is 0 Å². The quantitative estimate of drug-likeness (QED) is 0.690. The number of hydrogen-bond acceptors (Lipinski definition) is 5. The number of carbonyl (C=O) groups excluding carboxylic acids is 1. The molecule has 0 fully saturated rings. The topological polar surface area (TPSA) is 85.1 Å². The van der Waals surface area contributed by atoms with Gasteiger partial charge in [-0.05, 0) is 6.92 Å². The maximum absolute atomic E-state index is 11.0. The van der Waals surface area contributed by atoms with E-state index in [9.17, 15) is 14.9 Å². The first-order valence-electron chi connectivity index (χ1n) is 5.47. The van der Waals surface area contributed by atoms with Gasteiger partial charge in [-0.25, -0.2) is 4.98 Å². The van der Waals surface area contributed by atoms with Crippen LogP contribution in [0.2, 0.25) is 0 Å². The standard InChI is InChI=1S/C12H11N3O3S/c1-7-11(14-12(19-7)13-8(2)16)9-4-3-5-10(6-9)15(17)18/h3-6H,1-2H3,(H,13,14,16). The van der Waals surface area contributed by atoms with Crippen molar-refractivity contribution in [1.29, 1.82) is 0 Å². The predicted molar refractivity (Wildman–Crippen MR) is 73.2 cm³/mol. The number of nitro benzene ring substituents is 1. The molecule has 0 unspecified atom stereocenters. The fourth-order valence-electron chi connectivity index (χ4n) is 1.64. The molecular weight excluding hydrogens is 266 g/mol. The summed E-state index contributed by atoms with van der Waals surface area (Å²) in [6, 6.07) is 6.27. The van der Waals surface area contributed by atoms with Gasteiger partial charge in [0, 0.05) is 29.5 Å². The lowest BCUT2D eigenvalue weighted by Crippen LogP contribution is -2.04. The third-order valence-corrected chi connectivity index (χ3v) is 3.30. The molecule has 1 heterocycles. The van der Waals surface area contributed by atoms with E-state index >= 15 is 0 Å². The summed E-state index contributed by atoms with van der Waals surface area (Å²) in [4.78, 5) is 26.5. The molecule has 98 valence electrons. The fraction of sp³-hybridized carbons (Fsp3) is 0.167. The molecule has 0 aliphatic rings. The molecule has 1 aromatic heterocycles. The number of thiazole rings is 1. The molecule has 2 rings (SSSR count). The van der Waals surface area contributed by atoms with E-state index in [1.165, 1.54) is 30.4 Å². The molecule has 1 N–H and O–H groups in total. The number of aryl methyl sites for hydroxylation is 1. The molecule has 7 heteroatoms. The lowest BCUT2D eigenvalue weighted by atomic mass is 10.1. The van der Waals surface area contributed by atoms with Crippen molar-refractivity contribution in [3.05, 3.63) is 39.3 Å². The number of carbonyl (C=O) groups is 1. The van der Waals surface area contributed by atoms with Crippen molar-refractivity contribution < 1.29 is 9.72 Å². The highest BCUT2D eigenvalue weighted by Crippen LogP contribution is 2.31. The first kappa shape index (κ1) is 13.2. The highest BCUT2D eigenvalue weighted by molar-refractivity contribution is 7.16. The summed E-state index contributed by atoms with van der Waals surface area (Å²) in [6.07, 6.45) is 0. The third-order valence-electron chi connectivity index (χ3n) is 2.41. The van der Waals surface area contributed by atoms with Gasteiger partial charge in [0.2, 0.25) is 5.91 Å². The SMILES string of the molecule is CC(=O)Nc1nc(-c2cccc([N+](=O)[O-])c2)c(C)s1. The summed E-state index contributed by atoms with van der Waals surface area (Å²) in [5.41, 5.74) is 1.34. The van der Waals surface area contributed by atoms with Crippen LogP contribution in [0.4, 0.5) is 10.8 Å². The second-order valence-electron chi connectivity index (χ2n) is 3.91. The summed E-state index contributed by atoms with van der Waals surface area (Å²) >= 11 is 1.34. The van der Waals surface area contributed by atoms with Gasteiger partial charge in [-0.1, -0.05) is 12.1 Å². The summed E-state index contributed by atoms with van der Waals surface area (Å²) in [7, 11) is 0. The van der Waals surface area contributed by atoms with Gasteiger partial charge in [0.1, 0.15) is 0 Å². The van der Waals surface area contributed by atoms with Gasteiger partial charge in [0.15, 0.2) is 5.13 Å². The number of rotatable bonds is 3. The summed E-state index contributed by atoms with van der Waals surface area (Å²) in [5, 5.41) is 13.9. The van der Waals surface area contributed by atoms with E-state index < -0.39 is 4.92 Å². The van der Waals surface area contributed by atoms with Gasteiger partial charge in [0.05, 0.1) is 10.6 Å². The Hall–Kier alpha value is -2.28.